The van der Waals surface area contributed by atoms with Crippen molar-refractivity contribution in [3.05, 3.63) is 59.6 Å². The monoisotopic (exact) mass is 267 g/mol. The van der Waals surface area contributed by atoms with Gasteiger partial charge in [-0.1, -0.05) is 41.9 Å². The quantitative estimate of drug-likeness (QED) is 0.552. The predicted molar refractivity (Wildman–Crippen MR) is 77.5 cm³/mol. The molecule has 19 heavy (non-hydrogen) atoms. The number of halogens is 1. The maximum atomic E-state index is 5.98. The van der Waals surface area contributed by atoms with Gasteiger partial charge in [-0.25, -0.2) is 9.50 Å². The van der Waals surface area contributed by atoms with Crippen LogP contribution in [-0.2, 0) is 0 Å². The average molecular weight is 268 g/mol. The van der Waals surface area contributed by atoms with Gasteiger partial charge in [-0.15, -0.1) is 0 Å². The molecule has 0 aliphatic carbocycles. The lowest BCUT2D eigenvalue weighted by Gasteiger charge is -1.96. The number of imidazole rings is 1. The van der Waals surface area contributed by atoms with Crippen molar-refractivity contribution in [1.82, 2.24) is 14.6 Å². The first kappa shape index (κ1) is 10.6. The van der Waals surface area contributed by atoms with Crippen molar-refractivity contribution in [2.24, 2.45) is 0 Å². The van der Waals surface area contributed by atoms with Crippen LogP contribution in [0, 0.1) is 0 Å². The third-order valence-electron chi connectivity index (χ3n) is 3.23. The zero-order valence-corrected chi connectivity index (χ0v) is 10.7. The van der Waals surface area contributed by atoms with E-state index in [1.165, 1.54) is 0 Å². The molecule has 4 rings (SSSR count). The van der Waals surface area contributed by atoms with Crippen LogP contribution in [0.4, 0.5) is 0 Å². The molecule has 2 heterocycles. The highest BCUT2D eigenvalue weighted by atomic mass is 35.5. The maximum Gasteiger partial charge on any atom is 0.154 e. The molecule has 0 saturated carbocycles. The topological polar surface area (TPSA) is 33.1 Å². The Labute approximate surface area is 114 Å². The van der Waals surface area contributed by atoms with Crippen LogP contribution < -0.4 is 0 Å². The first-order chi connectivity index (χ1) is 9.31. The van der Waals surface area contributed by atoms with E-state index in [0.717, 1.165) is 27.9 Å². The minimum Gasteiger partial charge on any atom is -0.292 e. The lowest BCUT2D eigenvalue weighted by atomic mass is 10.2. The van der Waals surface area contributed by atoms with E-state index >= 15 is 0 Å². The van der Waals surface area contributed by atoms with Gasteiger partial charge < -0.3 is 0 Å². The van der Waals surface area contributed by atoms with E-state index in [1.807, 2.05) is 47.0 Å². The van der Waals surface area contributed by atoms with Crippen molar-refractivity contribution in [2.45, 2.75) is 0 Å². The van der Waals surface area contributed by atoms with Crippen molar-refractivity contribution >= 4 is 28.3 Å². The van der Waals surface area contributed by atoms with Crippen LogP contribution in [0.1, 0.15) is 0 Å². The van der Waals surface area contributed by atoms with Crippen LogP contribution in [-0.4, -0.2) is 14.6 Å². The minimum atomic E-state index is 0.705. The number of fused-ring (bicyclic) bond motifs is 3. The summed E-state index contributed by atoms with van der Waals surface area (Å²) in [6, 6.07) is 18.0. The lowest BCUT2D eigenvalue weighted by Crippen LogP contribution is -1.84. The molecule has 4 heteroatoms. The second-order valence-corrected chi connectivity index (χ2v) is 4.91. The van der Waals surface area contributed by atoms with Gasteiger partial charge in [0.25, 0.3) is 0 Å². The van der Waals surface area contributed by atoms with Gasteiger partial charge in [0.15, 0.2) is 5.65 Å². The third kappa shape index (κ3) is 1.63. The standard InChI is InChI=1S/C15H10ClN3/c16-11-6-7-14-13(8-11)17-15-9-12(18-19(14)15)10-4-2-1-3-5-10/h1-9,18H. The Balaban J connectivity index is 1.98. The van der Waals surface area contributed by atoms with Crippen LogP contribution in [0.2, 0.25) is 5.02 Å². The van der Waals surface area contributed by atoms with Crippen molar-refractivity contribution in [3.8, 4) is 11.3 Å². The largest absolute Gasteiger partial charge is 0.292 e. The van der Waals surface area contributed by atoms with E-state index < -0.39 is 0 Å². The zero-order valence-electron chi connectivity index (χ0n) is 9.97. The van der Waals surface area contributed by atoms with E-state index in [4.69, 9.17) is 11.6 Å². The number of aromatic nitrogens is 3. The Morgan fingerprint density at radius 2 is 1.84 bits per heavy atom. The fourth-order valence-corrected chi connectivity index (χ4v) is 2.50. The number of benzene rings is 2. The van der Waals surface area contributed by atoms with Crippen LogP contribution in [0.5, 0.6) is 0 Å². The summed E-state index contributed by atoms with van der Waals surface area (Å²) in [5.41, 5.74) is 5.03. The van der Waals surface area contributed by atoms with E-state index in [2.05, 4.69) is 22.2 Å². The zero-order chi connectivity index (χ0) is 12.8. The summed E-state index contributed by atoms with van der Waals surface area (Å²) in [6.07, 6.45) is 0. The molecule has 0 atom stereocenters. The number of hydrogen-bond donors (Lipinski definition) is 1. The van der Waals surface area contributed by atoms with E-state index in [9.17, 15) is 0 Å². The van der Waals surface area contributed by atoms with Crippen molar-refractivity contribution < 1.29 is 0 Å². The summed E-state index contributed by atoms with van der Waals surface area (Å²) in [6.45, 7) is 0. The smallest absolute Gasteiger partial charge is 0.154 e. The molecule has 0 bridgehead atoms. The van der Waals surface area contributed by atoms with Gasteiger partial charge in [-0.05, 0) is 23.8 Å². The van der Waals surface area contributed by atoms with Crippen molar-refractivity contribution in [1.29, 1.82) is 0 Å². The molecule has 0 aliphatic rings. The number of hydrogen-bond acceptors (Lipinski definition) is 1. The first-order valence-electron chi connectivity index (χ1n) is 6.03. The molecule has 2 aromatic carbocycles. The number of nitrogens with one attached hydrogen (secondary N) is 1. The molecule has 0 radical (unpaired) electrons. The number of H-pyrrole nitrogens is 1. The number of rotatable bonds is 1. The molecule has 3 nitrogen and oxygen atoms in total. The second kappa shape index (κ2) is 3.87. The average Bonchev–Trinajstić information content (AvgIpc) is 2.96. The Kier molecular flexibility index (Phi) is 2.17. The molecule has 0 fully saturated rings. The molecular formula is C15H10ClN3. The molecule has 92 valence electrons. The Hall–Kier alpha value is -2.26. The molecule has 0 unspecified atom stereocenters. The van der Waals surface area contributed by atoms with Crippen molar-refractivity contribution in [2.75, 3.05) is 0 Å². The van der Waals surface area contributed by atoms with Gasteiger partial charge in [0, 0.05) is 11.1 Å². The fraction of sp³-hybridized carbons (Fsp3) is 0. The van der Waals surface area contributed by atoms with Gasteiger partial charge in [-0.3, -0.25) is 5.10 Å². The van der Waals surface area contributed by atoms with Gasteiger partial charge in [0.05, 0.1) is 16.7 Å². The molecule has 2 aromatic heterocycles. The van der Waals surface area contributed by atoms with Crippen LogP contribution in [0.15, 0.2) is 54.6 Å². The third-order valence-corrected chi connectivity index (χ3v) is 3.47. The lowest BCUT2D eigenvalue weighted by molar-refractivity contribution is 1.01. The molecule has 0 saturated heterocycles. The molecule has 0 amide bonds. The summed E-state index contributed by atoms with van der Waals surface area (Å²) < 4.78 is 1.98. The number of nitrogens with zero attached hydrogens (tertiary/aromatic N) is 2. The predicted octanol–water partition coefficient (Wildman–Crippen LogP) is 4.14. The normalized spacial score (nSPS) is 11.4. The molecule has 1 N–H and O–H groups in total. The highest BCUT2D eigenvalue weighted by Gasteiger charge is 2.09. The fourth-order valence-electron chi connectivity index (χ4n) is 2.33. The van der Waals surface area contributed by atoms with E-state index in [-0.39, 0.29) is 0 Å². The Morgan fingerprint density at radius 1 is 1.00 bits per heavy atom. The van der Waals surface area contributed by atoms with Gasteiger partial charge in [0.2, 0.25) is 0 Å². The Morgan fingerprint density at radius 3 is 2.68 bits per heavy atom. The van der Waals surface area contributed by atoms with Crippen LogP contribution in [0.25, 0.3) is 27.9 Å². The first-order valence-corrected chi connectivity index (χ1v) is 6.41. The van der Waals surface area contributed by atoms with Crippen LogP contribution in [0.3, 0.4) is 0 Å². The highest BCUT2D eigenvalue weighted by molar-refractivity contribution is 6.31. The van der Waals surface area contributed by atoms with Gasteiger partial charge in [0.1, 0.15) is 0 Å². The second-order valence-electron chi connectivity index (χ2n) is 4.47. The van der Waals surface area contributed by atoms with Crippen LogP contribution >= 0.6 is 11.6 Å². The molecule has 0 spiro atoms. The summed E-state index contributed by atoms with van der Waals surface area (Å²) in [5.74, 6) is 0. The van der Waals surface area contributed by atoms with Gasteiger partial charge >= 0.3 is 0 Å². The molecule has 4 aromatic rings. The summed E-state index contributed by atoms with van der Waals surface area (Å²) >= 11 is 5.98. The summed E-state index contributed by atoms with van der Waals surface area (Å²) in [4.78, 5) is 4.57. The summed E-state index contributed by atoms with van der Waals surface area (Å²) in [5, 5.41) is 4.07. The van der Waals surface area contributed by atoms with Gasteiger partial charge in [-0.2, -0.15) is 0 Å². The van der Waals surface area contributed by atoms with E-state index in [0.29, 0.717) is 5.02 Å². The SMILES string of the molecule is Clc1ccc2c(c1)nc1cc(-c3ccccc3)[nH]n12. The maximum absolute atomic E-state index is 5.98. The summed E-state index contributed by atoms with van der Waals surface area (Å²) in [7, 11) is 0. The highest BCUT2D eigenvalue weighted by Crippen LogP contribution is 2.24. The molecular weight excluding hydrogens is 258 g/mol. The molecule has 0 aliphatic heterocycles. The number of aromatic amines is 1. The van der Waals surface area contributed by atoms with E-state index in [1.54, 1.807) is 0 Å². The Bertz CT molecular complexity index is 874. The minimum absolute atomic E-state index is 0.705. The van der Waals surface area contributed by atoms with Crippen molar-refractivity contribution in [3.63, 3.8) is 0 Å².